The number of nitrogens with one attached hydrogen (secondary N) is 2. The zero-order valence-electron chi connectivity index (χ0n) is 7.82. The second-order valence-electron chi connectivity index (χ2n) is 2.54. The third kappa shape index (κ3) is 3.27. The summed E-state index contributed by atoms with van der Waals surface area (Å²) in [6.07, 6.45) is 1.26. The van der Waals surface area contributed by atoms with Gasteiger partial charge in [-0.2, -0.15) is 0 Å². The standard InChI is InChI=1S/C7H12N4O2S/c1-2-8-3-4-9-7-10-5-6(14-7)11(12)13/h5,8H,2-4H2,1H3,(H,9,10). The van der Waals surface area contributed by atoms with Gasteiger partial charge in [0.15, 0.2) is 5.13 Å². The molecule has 0 aliphatic rings. The Kier molecular flexibility index (Phi) is 4.27. The summed E-state index contributed by atoms with van der Waals surface area (Å²) in [5.74, 6) is 0. The highest BCUT2D eigenvalue weighted by Gasteiger charge is 2.10. The quantitative estimate of drug-likeness (QED) is 0.422. The van der Waals surface area contributed by atoms with Crippen LogP contribution in [0.15, 0.2) is 6.20 Å². The molecule has 0 radical (unpaired) electrons. The summed E-state index contributed by atoms with van der Waals surface area (Å²) in [5, 5.41) is 17.1. The van der Waals surface area contributed by atoms with Crippen molar-refractivity contribution >= 4 is 21.5 Å². The van der Waals surface area contributed by atoms with Crippen LogP contribution in [0.2, 0.25) is 0 Å². The molecule has 1 rings (SSSR count). The smallest absolute Gasteiger partial charge is 0.345 e. The first-order chi connectivity index (χ1) is 6.74. The van der Waals surface area contributed by atoms with E-state index in [-0.39, 0.29) is 5.00 Å². The monoisotopic (exact) mass is 216 g/mol. The van der Waals surface area contributed by atoms with Crippen LogP contribution in [0.1, 0.15) is 6.92 Å². The van der Waals surface area contributed by atoms with Crippen LogP contribution in [0.5, 0.6) is 0 Å². The summed E-state index contributed by atoms with van der Waals surface area (Å²) in [6, 6.07) is 0. The fourth-order valence-electron chi connectivity index (χ4n) is 0.866. The van der Waals surface area contributed by atoms with Crippen LogP contribution in [-0.4, -0.2) is 29.5 Å². The zero-order valence-corrected chi connectivity index (χ0v) is 8.63. The number of aromatic nitrogens is 1. The van der Waals surface area contributed by atoms with Crippen LogP contribution < -0.4 is 10.6 Å². The molecule has 0 aliphatic heterocycles. The van der Waals surface area contributed by atoms with E-state index < -0.39 is 4.92 Å². The molecule has 0 amide bonds. The van der Waals surface area contributed by atoms with E-state index in [1.807, 2.05) is 6.92 Å². The van der Waals surface area contributed by atoms with Crippen molar-refractivity contribution < 1.29 is 4.92 Å². The average Bonchev–Trinajstić information content (AvgIpc) is 2.61. The van der Waals surface area contributed by atoms with Gasteiger partial charge >= 0.3 is 5.00 Å². The van der Waals surface area contributed by atoms with Gasteiger partial charge < -0.3 is 10.6 Å². The first-order valence-corrected chi connectivity index (χ1v) is 5.10. The van der Waals surface area contributed by atoms with E-state index in [0.717, 1.165) is 31.0 Å². The number of rotatable bonds is 6. The number of hydrogen-bond acceptors (Lipinski definition) is 6. The van der Waals surface area contributed by atoms with Crippen molar-refractivity contribution in [2.75, 3.05) is 25.0 Å². The SMILES string of the molecule is CCNCCNc1ncc([N+](=O)[O-])s1. The Hall–Kier alpha value is -1.21. The number of anilines is 1. The maximum absolute atomic E-state index is 10.3. The molecule has 0 spiro atoms. The van der Waals surface area contributed by atoms with Crippen molar-refractivity contribution in [3.8, 4) is 0 Å². The predicted octanol–water partition coefficient (Wildman–Crippen LogP) is 1.07. The van der Waals surface area contributed by atoms with Crippen LogP contribution in [0.3, 0.4) is 0 Å². The molecule has 7 heteroatoms. The van der Waals surface area contributed by atoms with Crippen molar-refractivity contribution in [2.24, 2.45) is 0 Å². The molecule has 6 nitrogen and oxygen atoms in total. The van der Waals surface area contributed by atoms with Crippen molar-refractivity contribution in [3.05, 3.63) is 16.3 Å². The van der Waals surface area contributed by atoms with Gasteiger partial charge in [-0.3, -0.25) is 10.1 Å². The Morgan fingerprint density at radius 2 is 2.43 bits per heavy atom. The molecule has 1 heterocycles. The van der Waals surface area contributed by atoms with Gasteiger partial charge in [0.05, 0.1) is 4.92 Å². The van der Waals surface area contributed by atoms with Crippen molar-refractivity contribution in [2.45, 2.75) is 6.92 Å². The molecule has 0 bridgehead atoms. The van der Waals surface area contributed by atoms with Crippen molar-refractivity contribution in [1.82, 2.24) is 10.3 Å². The summed E-state index contributed by atoms with van der Waals surface area (Å²) in [6.45, 7) is 4.48. The molecule has 0 unspecified atom stereocenters. The Bertz CT molecular complexity index is 302. The van der Waals surface area contributed by atoms with Crippen LogP contribution in [0.25, 0.3) is 0 Å². The van der Waals surface area contributed by atoms with Crippen molar-refractivity contribution in [1.29, 1.82) is 0 Å². The highest BCUT2D eigenvalue weighted by Crippen LogP contribution is 2.24. The number of nitrogens with zero attached hydrogens (tertiary/aromatic N) is 2. The van der Waals surface area contributed by atoms with E-state index in [2.05, 4.69) is 15.6 Å². The molecule has 0 saturated heterocycles. The minimum Gasteiger partial charge on any atom is -0.360 e. The molecular weight excluding hydrogens is 204 g/mol. The molecule has 78 valence electrons. The lowest BCUT2D eigenvalue weighted by molar-refractivity contribution is -0.380. The van der Waals surface area contributed by atoms with Gasteiger partial charge in [-0.1, -0.05) is 6.92 Å². The Morgan fingerprint density at radius 1 is 1.64 bits per heavy atom. The first kappa shape index (κ1) is 10.9. The van der Waals surface area contributed by atoms with Gasteiger partial charge in [-0.15, -0.1) is 0 Å². The van der Waals surface area contributed by atoms with Gasteiger partial charge in [-0.25, -0.2) is 4.98 Å². The third-order valence-corrected chi connectivity index (χ3v) is 2.41. The molecule has 2 N–H and O–H groups in total. The van der Waals surface area contributed by atoms with E-state index in [1.54, 1.807) is 0 Å². The minimum atomic E-state index is -0.437. The molecule has 0 aromatic carbocycles. The maximum atomic E-state index is 10.3. The van der Waals surface area contributed by atoms with Crippen LogP contribution in [0, 0.1) is 10.1 Å². The zero-order chi connectivity index (χ0) is 10.4. The molecule has 0 atom stereocenters. The van der Waals surface area contributed by atoms with Crippen LogP contribution in [0.4, 0.5) is 10.1 Å². The van der Waals surface area contributed by atoms with Gasteiger partial charge in [-0.05, 0) is 17.9 Å². The summed E-state index contributed by atoms with van der Waals surface area (Å²) in [4.78, 5) is 13.8. The van der Waals surface area contributed by atoms with Gasteiger partial charge in [0, 0.05) is 13.1 Å². The Morgan fingerprint density at radius 3 is 3.00 bits per heavy atom. The highest BCUT2D eigenvalue weighted by molar-refractivity contribution is 7.18. The molecule has 14 heavy (non-hydrogen) atoms. The molecule has 0 fully saturated rings. The van der Waals surface area contributed by atoms with E-state index in [0.29, 0.717) is 5.13 Å². The highest BCUT2D eigenvalue weighted by atomic mass is 32.1. The third-order valence-electron chi connectivity index (χ3n) is 1.50. The summed E-state index contributed by atoms with van der Waals surface area (Å²) < 4.78 is 0. The number of likely N-dealkylation sites (N-methyl/N-ethyl adjacent to an activating group) is 1. The topological polar surface area (TPSA) is 80.1 Å². The van der Waals surface area contributed by atoms with Gasteiger partial charge in [0.25, 0.3) is 0 Å². The minimum absolute atomic E-state index is 0.0657. The van der Waals surface area contributed by atoms with E-state index in [1.165, 1.54) is 6.20 Å². The number of hydrogen-bond donors (Lipinski definition) is 2. The number of nitro groups is 1. The molecule has 1 aromatic heterocycles. The van der Waals surface area contributed by atoms with Crippen LogP contribution >= 0.6 is 11.3 Å². The lowest BCUT2D eigenvalue weighted by Gasteiger charge is -2.01. The number of thiazole rings is 1. The van der Waals surface area contributed by atoms with E-state index in [9.17, 15) is 10.1 Å². The predicted molar refractivity (Wildman–Crippen MR) is 55.8 cm³/mol. The average molecular weight is 216 g/mol. The molecule has 1 aromatic rings. The fourth-order valence-corrected chi connectivity index (χ4v) is 1.52. The maximum Gasteiger partial charge on any atom is 0.345 e. The lowest BCUT2D eigenvalue weighted by Crippen LogP contribution is -2.21. The first-order valence-electron chi connectivity index (χ1n) is 4.29. The Balaban J connectivity index is 2.33. The molecule has 0 aliphatic carbocycles. The summed E-state index contributed by atoms with van der Waals surface area (Å²) in [5.41, 5.74) is 0. The van der Waals surface area contributed by atoms with E-state index >= 15 is 0 Å². The molecule has 0 saturated carbocycles. The second-order valence-corrected chi connectivity index (χ2v) is 3.55. The van der Waals surface area contributed by atoms with Gasteiger partial charge in [0.1, 0.15) is 6.20 Å². The summed E-state index contributed by atoms with van der Waals surface area (Å²) in [7, 11) is 0. The lowest BCUT2D eigenvalue weighted by atomic mass is 10.6. The largest absolute Gasteiger partial charge is 0.360 e. The molecular formula is C7H12N4O2S. The summed E-state index contributed by atoms with van der Waals surface area (Å²) >= 11 is 1.05. The normalized spacial score (nSPS) is 10.1. The van der Waals surface area contributed by atoms with Gasteiger partial charge in [0.2, 0.25) is 0 Å². The van der Waals surface area contributed by atoms with E-state index in [4.69, 9.17) is 0 Å². The Labute approximate surface area is 85.5 Å². The van der Waals surface area contributed by atoms with Crippen LogP contribution in [-0.2, 0) is 0 Å². The second kappa shape index (κ2) is 5.51. The van der Waals surface area contributed by atoms with Crippen molar-refractivity contribution in [3.63, 3.8) is 0 Å². The fraction of sp³-hybridized carbons (Fsp3) is 0.571.